The standard InChI is InChI=1S/C23H34FNO5S/c1-16(2)30-23(26)25-12-10-17(11-13-25)15-29-19-6-4-18(5-7-19)21-9-8-20(14-22(21)24)31(3,27)28/h8-9,14,16-19H,4-7,10-13,15H2,1-3H3/t18-,19-. The van der Waals surface area contributed by atoms with Gasteiger partial charge < -0.3 is 14.4 Å². The summed E-state index contributed by atoms with van der Waals surface area (Å²) in [6, 6.07) is 4.26. The molecule has 0 unspecified atom stereocenters. The monoisotopic (exact) mass is 455 g/mol. The van der Waals surface area contributed by atoms with Crippen LogP contribution < -0.4 is 0 Å². The first-order chi connectivity index (χ1) is 14.6. The topological polar surface area (TPSA) is 72.9 Å². The van der Waals surface area contributed by atoms with Crippen molar-refractivity contribution in [3.05, 3.63) is 29.6 Å². The molecule has 2 aliphatic rings. The van der Waals surface area contributed by atoms with Crippen LogP contribution in [0.5, 0.6) is 0 Å². The van der Waals surface area contributed by atoms with Gasteiger partial charge in [-0.15, -0.1) is 0 Å². The number of hydrogen-bond donors (Lipinski definition) is 0. The first-order valence-electron chi connectivity index (χ1n) is 11.2. The van der Waals surface area contributed by atoms with Gasteiger partial charge in [0.25, 0.3) is 0 Å². The minimum atomic E-state index is -3.40. The molecule has 0 aromatic heterocycles. The smallest absolute Gasteiger partial charge is 0.410 e. The summed E-state index contributed by atoms with van der Waals surface area (Å²) in [4.78, 5) is 13.8. The summed E-state index contributed by atoms with van der Waals surface area (Å²) in [6.07, 6.45) is 6.18. The number of carbonyl (C=O) groups excluding carboxylic acids is 1. The minimum absolute atomic E-state index is 0.0225. The number of sulfone groups is 1. The lowest BCUT2D eigenvalue weighted by atomic mass is 9.82. The summed E-state index contributed by atoms with van der Waals surface area (Å²) in [5, 5.41) is 0. The molecule has 6 nitrogen and oxygen atoms in total. The quantitative estimate of drug-likeness (QED) is 0.630. The van der Waals surface area contributed by atoms with Crippen molar-refractivity contribution in [3.63, 3.8) is 0 Å². The van der Waals surface area contributed by atoms with E-state index >= 15 is 0 Å². The summed E-state index contributed by atoms with van der Waals surface area (Å²) in [7, 11) is -3.40. The number of amides is 1. The number of carbonyl (C=O) groups is 1. The lowest BCUT2D eigenvalue weighted by Gasteiger charge is -2.34. The molecule has 0 bridgehead atoms. The number of halogens is 1. The van der Waals surface area contributed by atoms with E-state index in [0.29, 0.717) is 31.2 Å². The number of hydrogen-bond acceptors (Lipinski definition) is 5. The number of likely N-dealkylation sites (tertiary alicyclic amines) is 1. The van der Waals surface area contributed by atoms with Crippen molar-refractivity contribution in [2.75, 3.05) is 26.0 Å². The Bertz CT molecular complexity index is 857. The van der Waals surface area contributed by atoms with Gasteiger partial charge in [0.1, 0.15) is 5.82 Å². The molecule has 31 heavy (non-hydrogen) atoms. The first kappa shape index (κ1) is 24.0. The Morgan fingerprint density at radius 3 is 2.32 bits per heavy atom. The summed E-state index contributed by atoms with van der Waals surface area (Å²) in [5.74, 6) is 0.112. The maximum Gasteiger partial charge on any atom is 0.410 e. The molecule has 174 valence electrons. The zero-order valence-corrected chi connectivity index (χ0v) is 19.5. The van der Waals surface area contributed by atoms with E-state index in [1.807, 2.05) is 13.8 Å². The molecule has 1 aliphatic carbocycles. The molecular formula is C23H34FNO5S. The van der Waals surface area contributed by atoms with Crippen LogP contribution in [0.15, 0.2) is 23.1 Å². The Kier molecular flexibility index (Phi) is 7.97. The normalized spacial score (nSPS) is 23.2. The fourth-order valence-corrected chi connectivity index (χ4v) is 5.07. The Balaban J connectivity index is 1.41. The number of piperidine rings is 1. The van der Waals surface area contributed by atoms with Gasteiger partial charge in [0.15, 0.2) is 9.84 Å². The van der Waals surface area contributed by atoms with E-state index in [1.54, 1.807) is 11.0 Å². The van der Waals surface area contributed by atoms with Crippen molar-refractivity contribution < 1.29 is 27.1 Å². The number of benzene rings is 1. The average Bonchev–Trinajstić information content (AvgIpc) is 2.72. The van der Waals surface area contributed by atoms with E-state index < -0.39 is 15.7 Å². The average molecular weight is 456 g/mol. The highest BCUT2D eigenvalue weighted by Gasteiger charge is 2.28. The van der Waals surface area contributed by atoms with Crippen molar-refractivity contribution in [3.8, 4) is 0 Å². The molecule has 3 rings (SSSR count). The number of nitrogens with zero attached hydrogens (tertiary/aromatic N) is 1. The van der Waals surface area contributed by atoms with Crippen molar-refractivity contribution in [1.82, 2.24) is 4.90 Å². The summed E-state index contributed by atoms with van der Waals surface area (Å²) < 4.78 is 49.1. The van der Waals surface area contributed by atoms with Crippen molar-refractivity contribution in [2.24, 2.45) is 5.92 Å². The van der Waals surface area contributed by atoms with E-state index in [0.717, 1.165) is 50.8 Å². The van der Waals surface area contributed by atoms with Gasteiger partial charge in [-0.05, 0) is 81.9 Å². The summed E-state index contributed by atoms with van der Waals surface area (Å²) in [6.45, 7) is 5.81. The van der Waals surface area contributed by atoms with Crippen LogP contribution in [0.1, 0.15) is 63.9 Å². The predicted octanol–water partition coefficient (Wildman–Crippen LogP) is 4.53. The van der Waals surface area contributed by atoms with Gasteiger partial charge in [0, 0.05) is 26.0 Å². The maximum atomic E-state index is 14.5. The van der Waals surface area contributed by atoms with E-state index in [1.165, 1.54) is 6.07 Å². The largest absolute Gasteiger partial charge is 0.447 e. The van der Waals surface area contributed by atoms with E-state index in [9.17, 15) is 17.6 Å². The van der Waals surface area contributed by atoms with Crippen molar-refractivity contribution in [2.45, 2.75) is 75.4 Å². The number of rotatable bonds is 6. The van der Waals surface area contributed by atoms with Crippen LogP contribution in [-0.4, -0.2) is 57.6 Å². The Hall–Kier alpha value is -1.67. The molecule has 2 fully saturated rings. The van der Waals surface area contributed by atoms with Gasteiger partial charge in [-0.3, -0.25) is 0 Å². The molecule has 1 saturated carbocycles. The summed E-state index contributed by atoms with van der Waals surface area (Å²) >= 11 is 0. The highest BCUT2D eigenvalue weighted by atomic mass is 32.2. The lowest BCUT2D eigenvalue weighted by Crippen LogP contribution is -2.40. The molecule has 1 amide bonds. The Morgan fingerprint density at radius 2 is 1.77 bits per heavy atom. The molecule has 1 aliphatic heterocycles. The first-order valence-corrected chi connectivity index (χ1v) is 13.1. The minimum Gasteiger partial charge on any atom is -0.447 e. The van der Waals surface area contributed by atoms with Crippen molar-refractivity contribution >= 4 is 15.9 Å². The van der Waals surface area contributed by atoms with Gasteiger partial charge in [-0.25, -0.2) is 17.6 Å². The van der Waals surface area contributed by atoms with Crippen LogP contribution in [0.2, 0.25) is 0 Å². The maximum absolute atomic E-state index is 14.5. The van der Waals surface area contributed by atoms with Gasteiger partial charge >= 0.3 is 6.09 Å². The second-order valence-electron chi connectivity index (χ2n) is 9.13. The number of ether oxygens (including phenoxy) is 2. The fraction of sp³-hybridized carbons (Fsp3) is 0.696. The third-order valence-corrected chi connectivity index (χ3v) is 7.40. The predicted molar refractivity (Wildman–Crippen MR) is 116 cm³/mol. The van der Waals surface area contributed by atoms with E-state index in [-0.39, 0.29) is 29.1 Å². The van der Waals surface area contributed by atoms with Gasteiger partial charge in [0.05, 0.1) is 17.1 Å². The molecule has 0 spiro atoms. The van der Waals surface area contributed by atoms with Crippen LogP contribution in [0.25, 0.3) is 0 Å². The zero-order valence-electron chi connectivity index (χ0n) is 18.7. The molecule has 1 saturated heterocycles. The molecule has 0 radical (unpaired) electrons. The second-order valence-corrected chi connectivity index (χ2v) is 11.1. The van der Waals surface area contributed by atoms with Crippen LogP contribution in [-0.2, 0) is 19.3 Å². The van der Waals surface area contributed by atoms with E-state index in [4.69, 9.17) is 9.47 Å². The van der Waals surface area contributed by atoms with Crippen LogP contribution in [0.3, 0.4) is 0 Å². The molecule has 8 heteroatoms. The Morgan fingerprint density at radius 1 is 1.13 bits per heavy atom. The second kappa shape index (κ2) is 10.3. The van der Waals surface area contributed by atoms with Crippen LogP contribution in [0.4, 0.5) is 9.18 Å². The summed E-state index contributed by atoms with van der Waals surface area (Å²) in [5.41, 5.74) is 0.603. The molecule has 0 N–H and O–H groups in total. The van der Waals surface area contributed by atoms with Gasteiger partial charge in [-0.2, -0.15) is 0 Å². The molecule has 0 atom stereocenters. The van der Waals surface area contributed by atoms with Crippen molar-refractivity contribution in [1.29, 1.82) is 0 Å². The fourth-order valence-electron chi connectivity index (χ4n) is 4.44. The zero-order chi connectivity index (χ0) is 22.6. The van der Waals surface area contributed by atoms with Gasteiger partial charge in [-0.1, -0.05) is 6.07 Å². The third kappa shape index (κ3) is 6.65. The van der Waals surface area contributed by atoms with Crippen LogP contribution >= 0.6 is 0 Å². The van der Waals surface area contributed by atoms with Crippen LogP contribution in [0, 0.1) is 11.7 Å². The molecule has 1 heterocycles. The van der Waals surface area contributed by atoms with Gasteiger partial charge in [0.2, 0.25) is 0 Å². The van der Waals surface area contributed by atoms with E-state index in [2.05, 4.69) is 0 Å². The molecule has 1 aromatic rings. The third-order valence-electron chi connectivity index (χ3n) is 6.29. The molecule has 1 aromatic carbocycles. The lowest BCUT2D eigenvalue weighted by molar-refractivity contribution is -0.00917. The molecular weight excluding hydrogens is 421 g/mol. The highest BCUT2D eigenvalue weighted by molar-refractivity contribution is 7.90. The Labute approximate surface area is 185 Å². The SMILES string of the molecule is CC(C)OC(=O)N1CCC(CO[C@H]2CC[C@H](c3ccc(S(C)(=O)=O)cc3F)CC2)CC1. The highest BCUT2D eigenvalue weighted by Crippen LogP contribution is 2.36.